The Morgan fingerprint density at radius 3 is 2.28 bits per heavy atom. The quantitative estimate of drug-likeness (QED) is 0.702. The van der Waals surface area contributed by atoms with Crippen LogP contribution in [0.4, 0.5) is 5.69 Å². The van der Waals surface area contributed by atoms with Crippen molar-refractivity contribution in [2.45, 2.75) is 13.5 Å². The van der Waals surface area contributed by atoms with Crippen molar-refractivity contribution in [3.8, 4) is 11.5 Å². The molecule has 1 aromatic heterocycles. The molecule has 0 fully saturated rings. The third kappa shape index (κ3) is 5.20. The van der Waals surface area contributed by atoms with Crippen molar-refractivity contribution in [2.24, 2.45) is 0 Å². The zero-order chi connectivity index (χ0) is 16.9. The van der Waals surface area contributed by atoms with E-state index in [-0.39, 0.29) is 24.9 Å². The highest BCUT2D eigenvalue weighted by atomic mass is 35.5. The maximum atomic E-state index is 12.0. The van der Waals surface area contributed by atoms with E-state index >= 15 is 0 Å². The Kier molecular flexibility index (Phi) is 6.38. The molecular weight excluding hydrogens is 358 g/mol. The molecule has 3 aromatic rings. The normalized spacial score (nSPS) is 9.96. The van der Waals surface area contributed by atoms with E-state index in [4.69, 9.17) is 10.1 Å². The van der Waals surface area contributed by atoms with Crippen LogP contribution in [0.1, 0.15) is 5.56 Å². The van der Waals surface area contributed by atoms with E-state index in [1.807, 2.05) is 43.3 Å². The molecular formula is C18H18ClN3O2S. The zero-order valence-corrected chi connectivity index (χ0v) is 15.2. The molecule has 5 nitrogen and oxygen atoms in total. The van der Waals surface area contributed by atoms with Gasteiger partial charge in [0.25, 0.3) is 0 Å². The summed E-state index contributed by atoms with van der Waals surface area (Å²) < 4.78 is 7.35. The highest BCUT2D eigenvalue weighted by molar-refractivity contribution is 7.06. The summed E-state index contributed by atoms with van der Waals surface area (Å²) >= 11 is 1.29. The Morgan fingerprint density at radius 1 is 1.12 bits per heavy atom. The lowest BCUT2D eigenvalue weighted by molar-refractivity contribution is -0.116. The van der Waals surface area contributed by atoms with Gasteiger partial charge >= 0.3 is 0 Å². The number of nitrogens with one attached hydrogen (secondary N) is 2. The summed E-state index contributed by atoms with van der Waals surface area (Å²) in [6, 6.07) is 15.0. The van der Waals surface area contributed by atoms with Gasteiger partial charge in [-0.3, -0.25) is 10.2 Å². The summed E-state index contributed by atoms with van der Waals surface area (Å²) in [7, 11) is 0. The number of aryl methyl sites for hydroxylation is 1. The van der Waals surface area contributed by atoms with Gasteiger partial charge < -0.3 is 14.6 Å². The number of carbonyl (C=O) groups is 1. The highest BCUT2D eigenvalue weighted by Gasteiger charge is 2.05. The largest absolute Gasteiger partial charge is 0.457 e. The summed E-state index contributed by atoms with van der Waals surface area (Å²) in [5.74, 6) is 1.31. The van der Waals surface area contributed by atoms with E-state index < -0.39 is 0 Å². The number of benzene rings is 2. The number of anilines is 1. The van der Waals surface area contributed by atoms with E-state index in [0.29, 0.717) is 16.2 Å². The lowest BCUT2D eigenvalue weighted by Crippen LogP contribution is -2.23. The standard InChI is InChI=1S/C18H17N3O2S.ClH/c1-13-2-6-15(7-3-13)23-16-8-4-14(5-9-16)20-17(22)12-21-10-11-24-18(21)19;/h2-11,19H,12H2,1H3,(H,20,22);1H. The average molecular weight is 376 g/mol. The number of amides is 1. The third-order valence-corrected chi connectivity index (χ3v) is 4.11. The summed E-state index contributed by atoms with van der Waals surface area (Å²) in [5, 5.41) is 12.3. The molecule has 0 aliphatic rings. The Hall–Kier alpha value is -2.57. The number of hydrogen-bond acceptors (Lipinski definition) is 4. The second-order valence-corrected chi connectivity index (χ2v) is 6.22. The van der Waals surface area contributed by atoms with Crippen LogP contribution in [-0.2, 0) is 11.3 Å². The summed E-state index contributed by atoms with van der Waals surface area (Å²) in [6.45, 7) is 2.16. The van der Waals surface area contributed by atoms with Gasteiger partial charge in [0, 0.05) is 17.3 Å². The maximum absolute atomic E-state index is 12.0. The second-order valence-electron chi connectivity index (χ2n) is 5.32. The van der Waals surface area contributed by atoms with Crippen LogP contribution in [0.5, 0.6) is 11.5 Å². The maximum Gasteiger partial charge on any atom is 0.244 e. The van der Waals surface area contributed by atoms with E-state index in [1.54, 1.807) is 28.3 Å². The van der Waals surface area contributed by atoms with Gasteiger partial charge in [0.2, 0.25) is 5.91 Å². The van der Waals surface area contributed by atoms with Crippen LogP contribution in [0.25, 0.3) is 0 Å². The number of nitrogens with zero attached hydrogens (tertiary/aromatic N) is 1. The smallest absolute Gasteiger partial charge is 0.244 e. The minimum Gasteiger partial charge on any atom is -0.457 e. The number of rotatable bonds is 5. The van der Waals surface area contributed by atoms with Gasteiger partial charge in [0.15, 0.2) is 4.80 Å². The molecule has 0 radical (unpaired) electrons. The first-order valence-electron chi connectivity index (χ1n) is 7.43. The predicted molar refractivity (Wildman–Crippen MR) is 102 cm³/mol. The number of halogens is 1. The lowest BCUT2D eigenvalue weighted by atomic mass is 10.2. The van der Waals surface area contributed by atoms with Gasteiger partial charge in [0.05, 0.1) is 0 Å². The monoisotopic (exact) mass is 375 g/mol. The Balaban J connectivity index is 0.00000225. The first kappa shape index (κ1) is 18.8. The third-order valence-electron chi connectivity index (χ3n) is 3.39. The van der Waals surface area contributed by atoms with Gasteiger partial charge in [-0.05, 0) is 43.3 Å². The van der Waals surface area contributed by atoms with E-state index in [9.17, 15) is 4.79 Å². The fraction of sp³-hybridized carbons (Fsp3) is 0.111. The van der Waals surface area contributed by atoms with Crippen molar-refractivity contribution in [2.75, 3.05) is 5.32 Å². The van der Waals surface area contributed by atoms with Gasteiger partial charge in [-0.25, -0.2) is 0 Å². The van der Waals surface area contributed by atoms with Crippen LogP contribution in [0, 0.1) is 12.3 Å². The van der Waals surface area contributed by atoms with Crippen molar-refractivity contribution >= 4 is 35.3 Å². The van der Waals surface area contributed by atoms with Crippen LogP contribution >= 0.6 is 23.7 Å². The van der Waals surface area contributed by atoms with Crippen LogP contribution in [-0.4, -0.2) is 10.5 Å². The number of ether oxygens (including phenoxy) is 1. The number of aromatic nitrogens is 1. The molecule has 3 rings (SSSR count). The molecule has 0 atom stereocenters. The van der Waals surface area contributed by atoms with Crippen molar-refractivity contribution in [3.05, 3.63) is 70.5 Å². The van der Waals surface area contributed by atoms with Gasteiger partial charge in [-0.15, -0.1) is 23.7 Å². The molecule has 130 valence electrons. The van der Waals surface area contributed by atoms with Crippen LogP contribution in [0.2, 0.25) is 0 Å². The summed E-state index contributed by atoms with van der Waals surface area (Å²) in [4.78, 5) is 12.4. The molecule has 0 saturated heterocycles. The molecule has 0 aliphatic heterocycles. The SMILES string of the molecule is Cc1ccc(Oc2ccc(NC(=O)Cn3ccsc3=N)cc2)cc1.Cl. The number of thiazole rings is 1. The van der Waals surface area contributed by atoms with Crippen molar-refractivity contribution in [3.63, 3.8) is 0 Å². The average Bonchev–Trinajstić information content (AvgIpc) is 2.96. The molecule has 0 bridgehead atoms. The van der Waals surface area contributed by atoms with Gasteiger partial charge in [-0.2, -0.15) is 0 Å². The number of carbonyl (C=O) groups excluding carboxylic acids is 1. The van der Waals surface area contributed by atoms with E-state index in [2.05, 4.69) is 5.32 Å². The summed E-state index contributed by atoms with van der Waals surface area (Å²) in [5.41, 5.74) is 1.87. The fourth-order valence-electron chi connectivity index (χ4n) is 2.13. The molecule has 1 heterocycles. The Bertz CT molecular complexity index is 886. The molecule has 0 spiro atoms. The summed E-state index contributed by atoms with van der Waals surface area (Å²) in [6.07, 6.45) is 1.73. The van der Waals surface area contributed by atoms with E-state index in [0.717, 1.165) is 5.75 Å². The van der Waals surface area contributed by atoms with E-state index in [1.165, 1.54) is 16.9 Å². The van der Waals surface area contributed by atoms with Crippen LogP contribution in [0.15, 0.2) is 60.1 Å². The Labute approximate surface area is 155 Å². The van der Waals surface area contributed by atoms with Crippen LogP contribution in [0.3, 0.4) is 0 Å². The van der Waals surface area contributed by atoms with Gasteiger partial charge in [-0.1, -0.05) is 17.7 Å². The Morgan fingerprint density at radius 2 is 1.72 bits per heavy atom. The molecule has 2 N–H and O–H groups in total. The van der Waals surface area contributed by atoms with Crippen LogP contribution < -0.4 is 14.9 Å². The fourth-order valence-corrected chi connectivity index (χ4v) is 2.73. The van der Waals surface area contributed by atoms with Crippen molar-refractivity contribution < 1.29 is 9.53 Å². The van der Waals surface area contributed by atoms with Crippen molar-refractivity contribution in [1.82, 2.24) is 4.57 Å². The second kappa shape index (κ2) is 8.50. The molecule has 0 unspecified atom stereocenters. The topological polar surface area (TPSA) is 67.1 Å². The van der Waals surface area contributed by atoms with Gasteiger partial charge in [0.1, 0.15) is 18.0 Å². The molecule has 25 heavy (non-hydrogen) atoms. The first-order valence-corrected chi connectivity index (χ1v) is 8.31. The minimum absolute atomic E-state index is 0. The zero-order valence-electron chi connectivity index (χ0n) is 13.6. The molecule has 7 heteroatoms. The number of hydrogen-bond donors (Lipinski definition) is 2. The predicted octanol–water partition coefficient (Wildman–Crippen LogP) is 4.19. The molecule has 1 amide bonds. The molecule has 0 saturated carbocycles. The first-order chi connectivity index (χ1) is 11.6. The molecule has 0 aliphatic carbocycles. The van der Waals surface area contributed by atoms with Crippen molar-refractivity contribution in [1.29, 1.82) is 5.41 Å². The minimum atomic E-state index is -0.167. The highest BCUT2D eigenvalue weighted by Crippen LogP contribution is 2.23. The molecule has 2 aromatic carbocycles. The lowest BCUT2D eigenvalue weighted by Gasteiger charge is -2.08.